The predicted molar refractivity (Wildman–Crippen MR) is 61.9 cm³/mol. The van der Waals surface area contributed by atoms with Crippen molar-refractivity contribution in [3.63, 3.8) is 0 Å². The molecule has 2 N–H and O–H groups in total. The summed E-state index contributed by atoms with van der Waals surface area (Å²) in [6.45, 7) is 4.35. The van der Waals surface area contributed by atoms with Gasteiger partial charge in [0.1, 0.15) is 0 Å². The molecule has 0 amide bonds. The Morgan fingerprint density at radius 2 is 2.07 bits per heavy atom. The molecule has 3 heteroatoms. The van der Waals surface area contributed by atoms with Crippen molar-refractivity contribution in [2.75, 3.05) is 11.9 Å². The first-order chi connectivity index (χ1) is 7.22. The smallest absolute Gasteiger partial charge is 0.303 e. The molecule has 3 nitrogen and oxygen atoms in total. The molecule has 0 heterocycles. The Kier molecular flexibility index (Phi) is 4.41. The number of carboxylic acid groups (broad SMARTS) is 1. The van der Waals surface area contributed by atoms with E-state index >= 15 is 0 Å². The van der Waals surface area contributed by atoms with E-state index in [1.165, 1.54) is 0 Å². The minimum absolute atomic E-state index is 0.206. The Labute approximate surface area is 89.4 Å². The van der Waals surface area contributed by atoms with E-state index in [4.69, 9.17) is 5.11 Å². The fourth-order valence-electron chi connectivity index (χ4n) is 1.21. The highest BCUT2D eigenvalue weighted by Gasteiger charge is 1.96. The molecule has 0 aliphatic heterocycles. The quantitative estimate of drug-likeness (QED) is 0.702. The van der Waals surface area contributed by atoms with Crippen molar-refractivity contribution in [3.05, 3.63) is 36.4 Å². The van der Waals surface area contributed by atoms with E-state index in [-0.39, 0.29) is 6.42 Å². The molecule has 1 rings (SSSR count). The largest absolute Gasteiger partial charge is 0.481 e. The molecule has 0 saturated heterocycles. The second-order valence-corrected chi connectivity index (χ2v) is 3.25. The highest BCUT2D eigenvalue weighted by molar-refractivity contribution is 5.66. The van der Waals surface area contributed by atoms with Crippen molar-refractivity contribution >= 4 is 17.7 Å². The maximum atomic E-state index is 10.3. The molecule has 80 valence electrons. The number of nitrogens with one attached hydrogen (secondary N) is 1. The molecule has 0 aliphatic carbocycles. The first-order valence-corrected chi connectivity index (χ1v) is 4.90. The SMILES string of the molecule is C=Cc1ccc(NCCCC(=O)O)cc1. The summed E-state index contributed by atoms with van der Waals surface area (Å²) < 4.78 is 0. The van der Waals surface area contributed by atoms with Gasteiger partial charge >= 0.3 is 5.97 Å². The second kappa shape index (κ2) is 5.86. The summed E-state index contributed by atoms with van der Waals surface area (Å²) in [6, 6.07) is 7.84. The highest BCUT2D eigenvalue weighted by Crippen LogP contribution is 2.10. The van der Waals surface area contributed by atoms with E-state index < -0.39 is 5.97 Å². The van der Waals surface area contributed by atoms with Crippen LogP contribution in [-0.2, 0) is 4.79 Å². The van der Waals surface area contributed by atoms with E-state index in [2.05, 4.69) is 11.9 Å². The molecule has 0 atom stereocenters. The maximum Gasteiger partial charge on any atom is 0.303 e. The zero-order valence-corrected chi connectivity index (χ0v) is 8.57. The van der Waals surface area contributed by atoms with Crippen molar-refractivity contribution < 1.29 is 9.90 Å². The van der Waals surface area contributed by atoms with Gasteiger partial charge in [-0.3, -0.25) is 4.79 Å². The summed E-state index contributed by atoms with van der Waals surface area (Å²) in [4.78, 5) is 10.3. The lowest BCUT2D eigenvalue weighted by atomic mass is 10.2. The number of rotatable bonds is 6. The zero-order chi connectivity index (χ0) is 11.1. The van der Waals surface area contributed by atoms with E-state index in [9.17, 15) is 4.79 Å². The van der Waals surface area contributed by atoms with Gasteiger partial charge in [0.05, 0.1) is 0 Å². The van der Waals surface area contributed by atoms with Crippen LogP contribution >= 0.6 is 0 Å². The Balaban J connectivity index is 2.31. The van der Waals surface area contributed by atoms with Gasteiger partial charge in [-0.15, -0.1) is 0 Å². The monoisotopic (exact) mass is 205 g/mol. The second-order valence-electron chi connectivity index (χ2n) is 3.25. The molecular formula is C12H15NO2. The van der Waals surface area contributed by atoms with E-state index in [1.54, 1.807) is 6.08 Å². The fourth-order valence-corrected chi connectivity index (χ4v) is 1.21. The average Bonchev–Trinajstić information content (AvgIpc) is 2.25. The number of aliphatic carboxylic acids is 1. The number of hydrogen-bond donors (Lipinski definition) is 2. The van der Waals surface area contributed by atoms with Gasteiger partial charge in [-0.2, -0.15) is 0 Å². The van der Waals surface area contributed by atoms with Crippen molar-refractivity contribution in [2.24, 2.45) is 0 Å². The van der Waals surface area contributed by atoms with Crippen LogP contribution < -0.4 is 5.32 Å². The Bertz CT molecular complexity index is 330. The Hall–Kier alpha value is -1.77. The van der Waals surface area contributed by atoms with Crippen molar-refractivity contribution in [1.29, 1.82) is 0 Å². The molecule has 0 aliphatic rings. The topological polar surface area (TPSA) is 49.3 Å². The third-order valence-electron chi connectivity index (χ3n) is 2.04. The Morgan fingerprint density at radius 1 is 1.40 bits per heavy atom. The first kappa shape index (κ1) is 11.3. The predicted octanol–water partition coefficient (Wildman–Crippen LogP) is 2.61. The number of carboxylic acids is 1. The first-order valence-electron chi connectivity index (χ1n) is 4.90. The maximum absolute atomic E-state index is 10.3. The van der Waals surface area contributed by atoms with Crippen LogP contribution in [0.5, 0.6) is 0 Å². The number of anilines is 1. The summed E-state index contributed by atoms with van der Waals surface area (Å²) in [7, 11) is 0. The molecule has 0 fully saturated rings. The van der Waals surface area contributed by atoms with Crippen LogP contribution in [0.2, 0.25) is 0 Å². The molecule has 0 saturated carbocycles. The summed E-state index contributed by atoms with van der Waals surface area (Å²) in [5, 5.41) is 11.6. The lowest BCUT2D eigenvalue weighted by molar-refractivity contribution is -0.137. The summed E-state index contributed by atoms with van der Waals surface area (Å²) in [5.41, 5.74) is 2.08. The molecule has 0 aromatic heterocycles. The van der Waals surface area contributed by atoms with E-state index in [0.29, 0.717) is 13.0 Å². The number of carbonyl (C=O) groups is 1. The standard InChI is InChI=1S/C12H15NO2/c1-2-10-5-7-11(8-6-10)13-9-3-4-12(14)15/h2,5-8,13H,1,3-4,9H2,(H,14,15). The zero-order valence-electron chi connectivity index (χ0n) is 8.57. The minimum atomic E-state index is -0.751. The summed E-state index contributed by atoms with van der Waals surface area (Å²) in [6.07, 6.45) is 2.63. The van der Waals surface area contributed by atoms with Gasteiger partial charge < -0.3 is 10.4 Å². The fraction of sp³-hybridized carbons (Fsp3) is 0.250. The average molecular weight is 205 g/mol. The number of hydrogen-bond acceptors (Lipinski definition) is 2. The summed E-state index contributed by atoms with van der Waals surface area (Å²) >= 11 is 0. The van der Waals surface area contributed by atoms with Gasteiger partial charge in [0.15, 0.2) is 0 Å². The number of benzene rings is 1. The lowest BCUT2D eigenvalue weighted by Crippen LogP contribution is -2.04. The van der Waals surface area contributed by atoms with Crippen molar-refractivity contribution in [3.8, 4) is 0 Å². The third kappa shape index (κ3) is 4.31. The van der Waals surface area contributed by atoms with Gasteiger partial charge in [0.2, 0.25) is 0 Å². The summed E-state index contributed by atoms with van der Waals surface area (Å²) in [5.74, 6) is -0.751. The Morgan fingerprint density at radius 3 is 2.60 bits per heavy atom. The minimum Gasteiger partial charge on any atom is -0.481 e. The van der Waals surface area contributed by atoms with Crippen LogP contribution in [0.15, 0.2) is 30.8 Å². The van der Waals surface area contributed by atoms with Crippen LogP contribution in [-0.4, -0.2) is 17.6 Å². The van der Waals surface area contributed by atoms with Gasteiger partial charge in [-0.1, -0.05) is 24.8 Å². The van der Waals surface area contributed by atoms with E-state index in [0.717, 1.165) is 11.3 Å². The third-order valence-corrected chi connectivity index (χ3v) is 2.04. The molecular weight excluding hydrogens is 190 g/mol. The van der Waals surface area contributed by atoms with Gasteiger partial charge in [-0.05, 0) is 24.1 Å². The molecule has 1 aromatic rings. The van der Waals surface area contributed by atoms with Crippen LogP contribution in [0.3, 0.4) is 0 Å². The van der Waals surface area contributed by atoms with Gasteiger partial charge in [-0.25, -0.2) is 0 Å². The van der Waals surface area contributed by atoms with Crippen LogP contribution in [0.4, 0.5) is 5.69 Å². The normalized spacial score (nSPS) is 9.60. The lowest BCUT2D eigenvalue weighted by Gasteiger charge is -2.05. The van der Waals surface area contributed by atoms with Crippen LogP contribution in [0.25, 0.3) is 6.08 Å². The molecule has 0 spiro atoms. The van der Waals surface area contributed by atoms with Crippen molar-refractivity contribution in [1.82, 2.24) is 0 Å². The van der Waals surface area contributed by atoms with Crippen molar-refractivity contribution in [2.45, 2.75) is 12.8 Å². The molecule has 0 bridgehead atoms. The van der Waals surface area contributed by atoms with E-state index in [1.807, 2.05) is 24.3 Å². The molecule has 0 unspecified atom stereocenters. The van der Waals surface area contributed by atoms with Crippen LogP contribution in [0.1, 0.15) is 18.4 Å². The van der Waals surface area contributed by atoms with Gasteiger partial charge in [0.25, 0.3) is 0 Å². The molecule has 1 aromatic carbocycles. The highest BCUT2D eigenvalue weighted by atomic mass is 16.4. The molecule has 15 heavy (non-hydrogen) atoms. The van der Waals surface area contributed by atoms with Crippen LogP contribution in [0, 0.1) is 0 Å². The van der Waals surface area contributed by atoms with Gasteiger partial charge in [0, 0.05) is 18.7 Å². The molecule has 0 radical (unpaired) electrons.